The van der Waals surface area contributed by atoms with E-state index in [0.717, 1.165) is 0 Å². The van der Waals surface area contributed by atoms with Crippen molar-refractivity contribution in [3.05, 3.63) is 17.3 Å². The van der Waals surface area contributed by atoms with E-state index in [1.807, 2.05) is 13.1 Å². The summed E-state index contributed by atoms with van der Waals surface area (Å²) in [6.07, 6.45) is 1.94. The summed E-state index contributed by atoms with van der Waals surface area (Å²) >= 11 is 0. The molecule has 0 atom stereocenters. The van der Waals surface area contributed by atoms with Crippen molar-refractivity contribution in [3.63, 3.8) is 0 Å². The van der Waals surface area contributed by atoms with E-state index < -0.39 is 0 Å². The fourth-order valence-electron chi connectivity index (χ4n) is 0.958. The van der Waals surface area contributed by atoms with Gasteiger partial charge in [0.2, 0.25) is 0 Å². The summed E-state index contributed by atoms with van der Waals surface area (Å²) in [6, 6.07) is 0. The van der Waals surface area contributed by atoms with E-state index in [1.165, 1.54) is 5.57 Å². The van der Waals surface area contributed by atoms with Crippen molar-refractivity contribution in [2.45, 2.75) is 34.2 Å². The zero-order valence-corrected chi connectivity index (χ0v) is 10.1. The molecule has 0 aliphatic heterocycles. The quantitative estimate of drug-likeness (QED) is 0.829. The van der Waals surface area contributed by atoms with E-state index in [0.29, 0.717) is 18.3 Å². The van der Waals surface area contributed by atoms with Crippen molar-refractivity contribution < 1.29 is 4.52 Å². The number of nitrogens with zero attached hydrogens (tertiary/aromatic N) is 2. The Bertz CT molecular complexity index is 347. The first kappa shape index (κ1) is 11.9. The van der Waals surface area contributed by atoms with Crippen LogP contribution in [0.15, 0.2) is 10.1 Å². The van der Waals surface area contributed by atoms with E-state index in [2.05, 4.69) is 43.2 Å². The molecule has 1 rings (SSSR count). The summed E-state index contributed by atoms with van der Waals surface area (Å²) in [6.45, 7) is 9.17. The summed E-state index contributed by atoms with van der Waals surface area (Å²) < 4.78 is 5.11. The van der Waals surface area contributed by atoms with Gasteiger partial charge in [-0.05, 0) is 19.4 Å². The van der Waals surface area contributed by atoms with Crippen molar-refractivity contribution in [2.75, 3.05) is 7.05 Å². The Hall–Kier alpha value is -1.16. The van der Waals surface area contributed by atoms with E-state index >= 15 is 0 Å². The lowest BCUT2D eigenvalue weighted by atomic mass is 9.87. The molecule has 4 nitrogen and oxygen atoms in total. The normalized spacial score (nSPS) is 13.3. The van der Waals surface area contributed by atoms with Gasteiger partial charge in [0.15, 0.2) is 5.82 Å². The Labute approximate surface area is 90.8 Å². The fraction of sp³-hybridized carbons (Fsp3) is 0.636. The summed E-state index contributed by atoms with van der Waals surface area (Å²) in [4.78, 5) is 4.24. The molecule has 1 aromatic rings. The third-order valence-electron chi connectivity index (χ3n) is 2.34. The van der Waals surface area contributed by atoms with Gasteiger partial charge in [-0.1, -0.05) is 31.5 Å². The second-order valence-corrected chi connectivity index (χ2v) is 4.66. The lowest BCUT2D eigenvalue weighted by Crippen LogP contribution is -2.07. The molecule has 0 saturated carbocycles. The van der Waals surface area contributed by atoms with E-state index in [4.69, 9.17) is 4.52 Å². The van der Waals surface area contributed by atoms with Crippen LogP contribution < -0.4 is 5.32 Å². The Morgan fingerprint density at radius 3 is 2.67 bits per heavy atom. The van der Waals surface area contributed by atoms with Gasteiger partial charge < -0.3 is 9.84 Å². The molecule has 4 heteroatoms. The average molecular weight is 209 g/mol. The van der Waals surface area contributed by atoms with Crippen LogP contribution in [0.2, 0.25) is 0 Å². The van der Waals surface area contributed by atoms with Crippen molar-refractivity contribution >= 4 is 6.08 Å². The Kier molecular flexibility index (Phi) is 3.63. The van der Waals surface area contributed by atoms with Gasteiger partial charge in [-0.3, -0.25) is 0 Å². The van der Waals surface area contributed by atoms with Crippen molar-refractivity contribution in [1.82, 2.24) is 15.5 Å². The molecular formula is C11H19N3O. The van der Waals surface area contributed by atoms with E-state index in [1.54, 1.807) is 0 Å². The minimum atomic E-state index is 0.137. The number of hydrogen-bond acceptors (Lipinski definition) is 4. The highest BCUT2D eigenvalue weighted by molar-refractivity contribution is 5.44. The van der Waals surface area contributed by atoms with Crippen LogP contribution in [-0.2, 0) is 6.54 Å². The second-order valence-electron chi connectivity index (χ2n) is 4.66. The molecule has 1 aromatic heterocycles. The van der Waals surface area contributed by atoms with Crippen LogP contribution in [0, 0.1) is 5.41 Å². The second kappa shape index (κ2) is 4.57. The molecule has 0 spiro atoms. The molecule has 0 amide bonds. The lowest BCUT2D eigenvalue weighted by Gasteiger charge is -2.18. The maximum atomic E-state index is 5.11. The predicted molar refractivity (Wildman–Crippen MR) is 60.2 cm³/mol. The highest BCUT2D eigenvalue weighted by Crippen LogP contribution is 2.25. The Morgan fingerprint density at radius 1 is 1.47 bits per heavy atom. The van der Waals surface area contributed by atoms with Crippen LogP contribution in [-0.4, -0.2) is 17.2 Å². The molecule has 15 heavy (non-hydrogen) atoms. The number of nitrogens with one attached hydrogen (secondary N) is 1. The maximum absolute atomic E-state index is 5.11. The minimum Gasteiger partial charge on any atom is -0.335 e. The highest BCUT2D eigenvalue weighted by Gasteiger charge is 2.13. The zero-order valence-electron chi connectivity index (χ0n) is 10.1. The average Bonchev–Trinajstić information content (AvgIpc) is 2.51. The Morgan fingerprint density at radius 2 is 2.13 bits per heavy atom. The molecule has 0 aliphatic carbocycles. The molecule has 0 saturated heterocycles. The van der Waals surface area contributed by atoms with E-state index in [-0.39, 0.29) is 5.41 Å². The minimum absolute atomic E-state index is 0.137. The standard InChI is InChI=1S/C11H19N3O/c1-8(11(2,3)4)6-10-13-9(7-12-5)14-15-10/h6,12H,7H2,1-5H3/b8-6-. The third-order valence-corrected chi connectivity index (χ3v) is 2.34. The Balaban J connectivity index is 2.80. The van der Waals surface area contributed by atoms with Crippen LogP contribution in [0.4, 0.5) is 0 Å². The molecule has 0 fully saturated rings. The van der Waals surface area contributed by atoms with Gasteiger partial charge in [-0.25, -0.2) is 0 Å². The SMILES string of the molecule is CNCc1noc(/C=C(/C)C(C)(C)C)n1. The summed E-state index contributed by atoms with van der Waals surface area (Å²) in [7, 11) is 1.85. The van der Waals surface area contributed by atoms with Crippen LogP contribution in [0.1, 0.15) is 39.4 Å². The van der Waals surface area contributed by atoms with Gasteiger partial charge in [0, 0.05) is 6.08 Å². The van der Waals surface area contributed by atoms with E-state index in [9.17, 15) is 0 Å². The van der Waals surface area contributed by atoms with Gasteiger partial charge in [0.05, 0.1) is 6.54 Å². The smallest absolute Gasteiger partial charge is 0.250 e. The monoisotopic (exact) mass is 209 g/mol. The van der Waals surface area contributed by atoms with Gasteiger partial charge in [-0.15, -0.1) is 0 Å². The zero-order chi connectivity index (χ0) is 11.5. The topological polar surface area (TPSA) is 51.0 Å². The lowest BCUT2D eigenvalue weighted by molar-refractivity contribution is 0.400. The van der Waals surface area contributed by atoms with Crippen LogP contribution in [0.5, 0.6) is 0 Å². The molecule has 0 aliphatic rings. The first-order valence-electron chi connectivity index (χ1n) is 5.09. The first-order chi connectivity index (χ1) is 6.93. The number of allylic oxidation sites excluding steroid dienone is 1. The summed E-state index contributed by atoms with van der Waals surface area (Å²) in [5, 5.41) is 6.82. The van der Waals surface area contributed by atoms with Crippen LogP contribution >= 0.6 is 0 Å². The molecule has 84 valence electrons. The summed E-state index contributed by atoms with van der Waals surface area (Å²) in [5.74, 6) is 1.26. The van der Waals surface area contributed by atoms with Gasteiger partial charge in [0.25, 0.3) is 5.89 Å². The summed E-state index contributed by atoms with van der Waals surface area (Å²) in [5.41, 5.74) is 1.36. The number of hydrogen-bond donors (Lipinski definition) is 1. The first-order valence-corrected chi connectivity index (χ1v) is 5.09. The molecule has 1 heterocycles. The predicted octanol–water partition coefficient (Wildman–Crippen LogP) is 2.24. The van der Waals surface area contributed by atoms with Gasteiger partial charge in [0.1, 0.15) is 0 Å². The molecule has 0 bridgehead atoms. The molecule has 0 aromatic carbocycles. The van der Waals surface area contributed by atoms with Crippen molar-refractivity contribution in [3.8, 4) is 0 Å². The van der Waals surface area contributed by atoms with Crippen molar-refractivity contribution in [2.24, 2.45) is 5.41 Å². The van der Waals surface area contributed by atoms with Gasteiger partial charge >= 0.3 is 0 Å². The maximum Gasteiger partial charge on any atom is 0.250 e. The number of aromatic nitrogens is 2. The molecule has 0 radical (unpaired) electrons. The third kappa shape index (κ3) is 3.47. The molecular weight excluding hydrogens is 190 g/mol. The largest absolute Gasteiger partial charge is 0.335 e. The number of rotatable bonds is 3. The van der Waals surface area contributed by atoms with Crippen LogP contribution in [0.25, 0.3) is 6.08 Å². The fourth-order valence-corrected chi connectivity index (χ4v) is 0.958. The highest BCUT2D eigenvalue weighted by atomic mass is 16.5. The van der Waals surface area contributed by atoms with Crippen molar-refractivity contribution in [1.29, 1.82) is 0 Å². The molecule has 1 N–H and O–H groups in total. The molecule has 0 unspecified atom stereocenters. The van der Waals surface area contributed by atoms with Gasteiger partial charge in [-0.2, -0.15) is 4.98 Å². The van der Waals surface area contributed by atoms with Crippen LogP contribution in [0.3, 0.4) is 0 Å².